The van der Waals surface area contributed by atoms with E-state index in [-0.39, 0.29) is 5.82 Å². The lowest BCUT2D eigenvalue weighted by Crippen LogP contribution is -2.31. The van der Waals surface area contributed by atoms with Gasteiger partial charge in [-0.1, -0.05) is 22.4 Å². The molecule has 0 bridgehead atoms. The van der Waals surface area contributed by atoms with Crippen LogP contribution in [0.3, 0.4) is 0 Å². The van der Waals surface area contributed by atoms with Gasteiger partial charge < -0.3 is 4.90 Å². The number of aryl methyl sites for hydroxylation is 1. The van der Waals surface area contributed by atoms with E-state index in [1.807, 2.05) is 6.07 Å². The standard InChI is InChI=1S/C16H20BrFN4/c17-13-5-6-14(15(18)11-13)16-12-19-22(20-16)10-4-9-21-7-2-1-3-8-21/h5-6,11-12H,1-4,7-10H2. The molecule has 0 spiro atoms. The summed E-state index contributed by atoms with van der Waals surface area (Å²) in [6, 6.07) is 4.99. The fourth-order valence-electron chi connectivity index (χ4n) is 2.84. The highest BCUT2D eigenvalue weighted by Gasteiger charge is 2.11. The van der Waals surface area contributed by atoms with Gasteiger partial charge in [-0.25, -0.2) is 4.39 Å². The zero-order valence-corrected chi connectivity index (χ0v) is 14.1. The Bertz CT molecular complexity index is 622. The van der Waals surface area contributed by atoms with Crippen LogP contribution >= 0.6 is 15.9 Å². The molecular weight excluding hydrogens is 347 g/mol. The number of rotatable bonds is 5. The average Bonchev–Trinajstić information content (AvgIpc) is 2.97. The van der Waals surface area contributed by atoms with Crippen LogP contribution in [0.4, 0.5) is 4.39 Å². The van der Waals surface area contributed by atoms with Crippen LogP contribution in [0.5, 0.6) is 0 Å². The summed E-state index contributed by atoms with van der Waals surface area (Å²) in [5, 5.41) is 8.63. The van der Waals surface area contributed by atoms with Gasteiger partial charge in [0.15, 0.2) is 0 Å². The third-order valence-electron chi connectivity index (χ3n) is 4.02. The van der Waals surface area contributed by atoms with E-state index in [9.17, 15) is 4.39 Å². The van der Waals surface area contributed by atoms with Crippen LogP contribution in [0.1, 0.15) is 25.7 Å². The molecule has 4 nitrogen and oxygen atoms in total. The molecule has 1 aliphatic rings. The molecule has 0 aliphatic carbocycles. The summed E-state index contributed by atoms with van der Waals surface area (Å²) in [5.41, 5.74) is 1.08. The summed E-state index contributed by atoms with van der Waals surface area (Å²) >= 11 is 3.26. The second-order valence-corrected chi connectivity index (χ2v) is 6.62. The van der Waals surface area contributed by atoms with Gasteiger partial charge in [-0.3, -0.25) is 0 Å². The predicted molar refractivity (Wildman–Crippen MR) is 88.0 cm³/mol. The fourth-order valence-corrected chi connectivity index (χ4v) is 3.18. The smallest absolute Gasteiger partial charge is 0.133 e. The summed E-state index contributed by atoms with van der Waals surface area (Å²) in [7, 11) is 0. The first-order valence-electron chi connectivity index (χ1n) is 7.80. The molecule has 0 saturated carbocycles. The Morgan fingerprint density at radius 2 is 1.95 bits per heavy atom. The van der Waals surface area contributed by atoms with Gasteiger partial charge in [-0.05, 0) is 57.1 Å². The Labute approximate surface area is 138 Å². The van der Waals surface area contributed by atoms with E-state index in [2.05, 4.69) is 31.0 Å². The predicted octanol–water partition coefficient (Wildman–Crippen LogP) is 3.72. The molecule has 0 amide bonds. The normalized spacial score (nSPS) is 16.1. The SMILES string of the molecule is Fc1cc(Br)ccc1-c1cnn(CCCN2CCCCC2)n1. The third-order valence-corrected chi connectivity index (χ3v) is 4.52. The molecule has 2 aromatic rings. The maximum Gasteiger partial charge on any atom is 0.133 e. The van der Waals surface area contributed by atoms with Gasteiger partial charge in [0.05, 0.1) is 12.7 Å². The minimum absolute atomic E-state index is 0.283. The maximum atomic E-state index is 13.9. The van der Waals surface area contributed by atoms with Gasteiger partial charge in [-0.15, -0.1) is 0 Å². The minimum Gasteiger partial charge on any atom is -0.303 e. The van der Waals surface area contributed by atoms with Gasteiger partial charge >= 0.3 is 0 Å². The molecule has 3 rings (SSSR count). The highest BCUT2D eigenvalue weighted by atomic mass is 79.9. The number of aromatic nitrogens is 3. The van der Waals surface area contributed by atoms with Gasteiger partial charge in [0.2, 0.25) is 0 Å². The van der Waals surface area contributed by atoms with Crippen LogP contribution in [0.15, 0.2) is 28.9 Å². The van der Waals surface area contributed by atoms with Gasteiger partial charge in [0.1, 0.15) is 11.5 Å². The van der Waals surface area contributed by atoms with Crippen molar-refractivity contribution in [3.05, 3.63) is 34.7 Å². The highest BCUT2D eigenvalue weighted by molar-refractivity contribution is 9.10. The summed E-state index contributed by atoms with van der Waals surface area (Å²) in [5.74, 6) is -0.283. The molecule has 1 saturated heterocycles. The Balaban J connectivity index is 1.56. The van der Waals surface area contributed by atoms with Crippen LogP contribution in [0.25, 0.3) is 11.3 Å². The molecule has 22 heavy (non-hydrogen) atoms. The average molecular weight is 367 g/mol. The maximum absolute atomic E-state index is 13.9. The Kier molecular flexibility index (Phi) is 5.20. The van der Waals surface area contributed by atoms with Gasteiger partial charge in [0, 0.05) is 10.0 Å². The molecule has 0 unspecified atom stereocenters. The molecule has 2 heterocycles. The third kappa shape index (κ3) is 3.93. The Hall–Kier alpha value is -1.27. The van der Waals surface area contributed by atoms with E-state index in [1.54, 1.807) is 17.1 Å². The van der Waals surface area contributed by atoms with E-state index < -0.39 is 0 Å². The molecule has 1 fully saturated rings. The van der Waals surface area contributed by atoms with Crippen molar-refractivity contribution in [2.45, 2.75) is 32.2 Å². The summed E-state index contributed by atoms with van der Waals surface area (Å²) in [4.78, 5) is 4.17. The van der Waals surface area contributed by atoms with Crippen molar-refractivity contribution >= 4 is 15.9 Å². The van der Waals surface area contributed by atoms with Crippen molar-refractivity contribution < 1.29 is 4.39 Å². The lowest BCUT2D eigenvalue weighted by atomic mass is 10.1. The van der Waals surface area contributed by atoms with Crippen molar-refractivity contribution in [1.29, 1.82) is 0 Å². The lowest BCUT2D eigenvalue weighted by molar-refractivity contribution is 0.220. The summed E-state index contributed by atoms with van der Waals surface area (Å²) < 4.78 is 14.7. The van der Waals surface area contributed by atoms with Crippen molar-refractivity contribution in [2.24, 2.45) is 0 Å². The van der Waals surface area contributed by atoms with Crippen molar-refractivity contribution in [2.75, 3.05) is 19.6 Å². The largest absolute Gasteiger partial charge is 0.303 e. The van der Waals surface area contributed by atoms with Crippen molar-refractivity contribution in [3.63, 3.8) is 0 Å². The minimum atomic E-state index is -0.283. The zero-order valence-electron chi connectivity index (χ0n) is 12.5. The van der Waals surface area contributed by atoms with Crippen LogP contribution in [-0.2, 0) is 6.54 Å². The molecule has 0 radical (unpaired) electrons. The molecule has 1 aromatic heterocycles. The second kappa shape index (κ2) is 7.33. The molecule has 118 valence electrons. The Morgan fingerprint density at radius 1 is 1.14 bits per heavy atom. The van der Waals surface area contributed by atoms with Crippen LogP contribution in [0.2, 0.25) is 0 Å². The molecule has 0 N–H and O–H groups in total. The van der Waals surface area contributed by atoms with E-state index in [4.69, 9.17) is 0 Å². The van der Waals surface area contributed by atoms with Crippen molar-refractivity contribution in [1.82, 2.24) is 19.9 Å². The molecule has 1 aliphatic heterocycles. The summed E-state index contributed by atoms with van der Waals surface area (Å²) in [6.45, 7) is 4.28. The van der Waals surface area contributed by atoms with Crippen LogP contribution in [0, 0.1) is 5.82 Å². The first-order chi connectivity index (χ1) is 10.7. The first-order valence-corrected chi connectivity index (χ1v) is 8.59. The quantitative estimate of drug-likeness (QED) is 0.808. The Morgan fingerprint density at radius 3 is 2.73 bits per heavy atom. The fraction of sp³-hybridized carbons (Fsp3) is 0.500. The topological polar surface area (TPSA) is 34.0 Å². The first kappa shape index (κ1) is 15.6. The number of benzene rings is 1. The van der Waals surface area contributed by atoms with Crippen molar-refractivity contribution in [3.8, 4) is 11.3 Å². The van der Waals surface area contributed by atoms with Crippen LogP contribution < -0.4 is 0 Å². The summed E-state index contributed by atoms with van der Waals surface area (Å²) in [6.07, 6.45) is 6.64. The number of likely N-dealkylation sites (tertiary alicyclic amines) is 1. The number of piperidine rings is 1. The number of hydrogen-bond donors (Lipinski definition) is 0. The van der Waals surface area contributed by atoms with Gasteiger partial charge in [0.25, 0.3) is 0 Å². The van der Waals surface area contributed by atoms with E-state index in [1.165, 1.54) is 38.4 Å². The molecular formula is C16H20BrFN4. The van der Waals surface area contributed by atoms with E-state index >= 15 is 0 Å². The van der Waals surface area contributed by atoms with E-state index in [0.717, 1.165) is 24.0 Å². The second-order valence-electron chi connectivity index (χ2n) is 5.71. The molecule has 6 heteroatoms. The van der Waals surface area contributed by atoms with Gasteiger partial charge in [-0.2, -0.15) is 15.0 Å². The number of hydrogen-bond acceptors (Lipinski definition) is 3. The number of halogens is 2. The highest BCUT2D eigenvalue weighted by Crippen LogP contribution is 2.23. The number of nitrogens with zero attached hydrogens (tertiary/aromatic N) is 4. The van der Waals surface area contributed by atoms with E-state index in [0.29, 0.717) is 11.3 Å². The van der Waals surface area contributed by atoms with Crippen LogP contribution in [-0.4, -0.2) is 39.5 Å². The molecule has 0 atom stereocenters. The monoisotopic (exact) mass is 366 g/mol. The molecule has 1 aromatic carbocycles. The lowest BCUT2D eigenvalue weighted by Gasteiger charge is -2.26. The zero-order chi connectivity index (χ0) is 15.4.